The Morgan fingerprint density at radius 2 is 2.05 bits per heavy atom. The van der Waals surface area contributed by atoms with Crippen molar-refractivity contribution in [1.29, 1.82) is 0 Å². The number of esters is 1. The molecule has 0 saturated heterocycles. The number of rotatable bonds is 5. The van der Waals surface area contributed by atoms with Crippen molar-refractivity contribution < 1.29 is 9.53 Å². The summed E-state index contributed by atoms with van der Waals surface area (Å²) in [5, 5.41) is 0. The minimum Gasteiger partial charge on any atom is -0.464 e. The molecule has 0 saturated carbocycles. The van der Waals surface area contributed by atoms with Crippen LogP contribution in [0.15, 0.2) is 30.3 Å². The summed E-state index contributed by atoms with van der Waals surface area (Å²) >= 11 is 0. The van der Waals surface area contributed by atoms with Crippen LogP contribution in [-0.2, 0) is 17.7 Å². The Labute approximate surface area is 118 Å². The molecule has 0 bridgehead atoms. The van der Waals surface area contributed by atoms with E-state index in [9.17, 15) is 4.79 Å². The zero-order valence-electron chi connectivity index (χ0n) is 11.8. The summed E-state index contributed by atoms with van der Waals surface area (Å²) in [6.45, 7) is 2.57. The van der Waals surface area contributed by atoms with Gasteiger partial charge in [0.15, 0.2) is 5.69 Å². The predicted octanol–water partition coefficient (Wildman–Crippen LogP) is 2.19. The van der Waals surface area contributed by atoms with Crippen LogP contribution in [0.2, 0.25) is 0 Å². The van der Waals surface area contributed by atoms with E-state index in [1.54, 1.807) is 0 Å². The average Bonchev–Trinajstić information content (AvgIpc) is 2.75. The van der Waals surface area contributed by atoms with Gasteiger partial charge in [-0.25, -0.2) is 9.78 Å². The van der Waals surface area contributed by atoms with Gasteiger partial charge in [-0.15, -0.1) is 0 Å². The minimum atomic E-state index is -0.493. The second-order valence-electron chi connectivity index (χ2n) is 4.63. The topological polar surface area (TPSA) is 70.1 Å². The highest BCUT2D eigenvalue weighted by Gasteiger charge is 2.18. The highest BCUT2D eigenvalue weighted by atomic mass is 16.5. The number of benzene rings is 1. The molecule has 1 aromatic carbocycles. The van der Waals surface area contributed by atoms with E-state index < -0.39 is 5.97 Å². The van der Waals surface area contributed by atoms with Crippen molar-refractivity contribution in [3.63, 3.8) is 0 Å². The van der Waals surface area contributed by atoms with Crippen LogP contribution in [-0.4, -0.2) is 22.6 Å². The summed E-state index contributed by atoms with van der Waals surface area (Å²) in [5.74, 6) is 0.616. The van der Waals surface area contributed by atoms with Crippen molar-refractivity contribution in [2.45, 2.75) is 26.3 Å². The second-order valence-corrected chi connectivity index (χ2v) is 4.63. The van der Waals surface area contributed by atoms with E-state index in [0.29, 0.717) is 5.82 Å². The second kappa shape index (κ2) is 6.23. The van der Waals surface area contributed by atoms with Crippen molar-refractivity contribution in [1.82, 2.24) is 9.55 Å². The fourth-order valence-electron chi connectivity index (χ4n) is 2.20. The largest absolute Gasteiger partial charge is 0.464 e. The third-order valence-corrected chi connectivity index (χ3v) is 3.27. The number of hydrogen-bond donors (Lipinski definition) is 1. The standard InChI is InChI=1S/C15H19N3O2/c1-11-17-13(15(19)20-2)14(16)18(11)10-6-9-12-7-4-3-5-8-12/h3-5,7-8H,6,9-10,16H2,1-2H3. The molecule has 2 rings (SSSR count). The Morgan fingerprint density at radius 1 is 1.35 bits per heavy atom. The summed E-state index contributed by atoms with van der Waals surface area (Å²) < 4.78 is 6.52. The van der Waals surface area contributed by atoms with Gasteiger partial charge in [-0.05, 0) is 25.3 Å². The van der Waals surface area contributed by atoms with Gasteiger partial charge in [0, 0.05) is 6.54 Å². The summed E-state index contributed by atoms with van der Waals surface area (Å²) in [6, 6.07) is 10.3. The van der Waals surface area contributed by atoms with E-state index in [-0.39, 0.29) is 5.69 Å². The molecular formula is C15H19N3O2. The maximum absolute atomic E-state index is 11.5. The number of imidazole rings is 1. The molecule has 1 heterocycles. The lowest BCUT2D eigenvalue weighted by Gasteiger charge is -2.07. The summed E-state index contributed by atoms with van der Waals surface area (Å²) in [4.78, 5) is 15.7. The monoisotopic (exact) mass is 273 g/mol. The Kier molecular flexibility index (Phi) is 4.40. The number of aromatic nitrogens is 2. The van der Waals surface area contributed by atoms with Crippen LogP contribution in [0.3, 0.4) is 0 Å². The van der Waals surface area contributed by atoms with E-state index in [0.717, 1.165) is 25.2 Å². The maximum Gasteiger partial charge on any atom is 0.360 e. The number of ether oxygens (including phenoxy) is 1. The Bertz CT molecular complexity index is 591. The molecule has 0 aliphatic rings. The van der Waals surface area contributed by atoms with Crippen molar-refractivity contribution in [3.8, 4) is 0 Å². The molecule has 0 spiro atoms. The van der Waals surface area contributed by atoms with Gasteiger partial charge in [0.1, 0.15) is 11.6 Å². The van der Waals surface area contributed by atoms with Gasteiger partial charge < -0.3 is 15.0 Å². The highest BCUT2D eigenvalue weighted by Crippen LogP contribution is 2.16. The molecule has 2 N–H and O–H groups in total. The van der Waals surface area contributed by atoms with E-state index in [2.05, 4.69) is 21.9 Å². The van der Waals surface area contributed by atoms with Crippen molar-refractivity contribution >= 4 is 11.8 Å². The molecule has 0 aliphatic heterocycles. The molecule has 2 aromatic rings. The van der Waals surface area contributed by atoms with Crippen molar-refractivity contribution in [2.24, 2.45) is 0 Å². The van der Waals surface area contributed by atoms with Crippen LogP contribution in [0.4, 0.5) is 5.82 Å². The third kappa shape index (κ3) is 2.99. The molecule has 106 valence electrons. The zero-order valence-corrected chi connectivity index (χ0v) is 11.8. The summed E-state index contributed by atoms with van der Waals surface area (Å²) in [5.41, 5.74) is 7.45. The lowest BCUT2D eigenvalue weighted by atomic mass is 10.1. The number of nitrogen functional groups attached to an aromatic ring is 1. The molecule has 0 radical (unpaired) electrons. The van der Waals surface area contributed by atoms with Crippen LogP contribution >= 0.6 is 0 Å². The number of methoxy groups -OCH3 is 1. The first-order chi connectivity index (χ1) is 9.63. The Morgan fingerprint density at radius 3 is 2.70 bits per heavy atom. The minimum absolute atomic E-state index is 0.199. The number of carbonyl (C=O) groups excluding carboxylic acids is 1. The normalized spacial score (nSPS) is 10.5. The van der Waals surface area contributed by atoms with Crippen molar-refractivity contribution in [2.75, 3.05) is 12.8 Å². The highest BCUT2D eigenvalue weighted by molar-refractivity contribution is 5.92. The van der Waals surface area contributed by atoms with E-state index in [1.807, 2.05) is 29.7 Å². The van der Waals surface area contributed by atoms with E-state index in [1.165, 1.54) is 12.7 Å². The molecule has 0 fully saturated rings. The van der Waals surface area contributed by atoms with E-state index >= 15 is 0 Å². The van der Waals surface area contributed by atoms with Crippen LogP contribution in [0.5, 0.6) is 0 Å². The molecule has 20 heavy (non-hydrogen) atoms. The number of hydrogen-bond acceptors (Lipinski definition) is 4. The van der Waals surface area contributed by atoms with Crippen LogP contribution in [0, 0.1) is 6.92 Å². The smallest absolute Gasteiger partial charge is 0.360 e. The lowest BCUT2D eigenvalue weighted by Crippen LogP contribution is -2.09. The van der Waals surface area contributed by atoms with Gasteiger partial charge in [0.2, 0.25) is 0 Å². The first-order valence-corrected chi connectivity index (χ1v) is 6.58. The quantitative estimate of drug-likeness (QED) is 0.848. The number of nitrogens with two attached hydrogens (primary N) is 1. The molecule has 5 nitrogen and oxygen atoms in total. The molecule has 0 atom stereocenters. The zero-order chi connectivity index (χ0) is 14.5. The lowest BCUT2D eigenvalue weighted by molar-refractivity contribution is 0.0595. The number of aryl methyl sites for hydroxylation is 2. The van der Waals surface area contributed by atoms with Gasteiger partial charge in [0.25, 0.3) is 0 Å². The van der Waals surface area contributed by atoms with Crippen LogP contribution < -0.4 is 5.73 Å². The fraction of sp³-hybridized carbons (Fsp3) is 0.333. The fourth-order valence-corrected chi connectivity index (χ4v) is 2.20. The molecule has 0 unspecified atom stereocenters. The molecule has 1 aromatic heterocycles. The predicted molar refractivity (Wildman–Crippen MR) is 77.5 cm³/mol. The van der Waals surface area contributed by atoms with Gasteiger partial charge in [-0.3, -0.25) is 0 Å². The summed E-state index contributed by atoms with van der Waals surface area (Å²) in [6.07, 6.45) is 1.90. The van der Waals surface area contributed by atoms with Crippen molar-refractivity contribution in [3.05, 3.63) is 47.4 Å². The molecule has 0 aliphatic carbocycles. The average molecular weight is 273 g/mol. The number of anilines is 1. The first kappa shape index (κ1) is 14.1. The Hall–Kier alpha value is -2.30. The Balaban J connectivity index is 2.03. The van der Waals surface area contributed by atoms with Gasteiger partial charge >= 0.3 is 5.97 Å². The maximum atomic E-state index is 11.5. The first-order valence-electron chi connectivity index (χ1n) is 6.58. The van der Waals surface area contributed by atoms with Gasteiger partial charge in [0.05, 0.1) is 7.11 Å². The third-order valence-electron chi connectivity index (χ3n) is 3.27. The molecule has 0 amide bonds. The SMILES string of the molecule is COC(=O)c1nc(C)n(CCCc2ccccc2)c1N. The van der Waals surface area contributed by atoms with Crippen LogP contribution in [0.1, 0.15) is 28.3 Å². The molecule has 5 heteroatoms. The molecular weight excluding hydrogens is 254 g/mol. The van der Waals surface area contributed by atoms with Gasteiger partial charge in [-0.1, -0.05) is 30.3 Å². The summed E-state index contributed by atoms with van der Waals surface area (Å²) in [7, 11) is 1.32. The van der Waals surface area contributed by atoms with E-state index in [4.69, 9.17) is 5.73 Å². The number of carbonyl (C=O) groups is 1. The number of nitrogens with zero attached hydrogens (tertiary/aromatic N) is 2. The van der Waals surface area contributed by atoms with Gasteiger partial charge in [-0.2, -0.15) is 0 Å². The van der Waals surface area contributed by atoms with Crippen LogP contribution in [0.25, 0.3) is 0 Å².